The molecule has 0 saturated carbocycles. The Labute approximate surface area is 167 Å². The Bertz CT molecular complexity index is 967. The van der Waals surface area contributed by atoms with Crippen molar-refractivity contribution in [1.29, 1.82) is 0 Å². The van der Waals surface area contributed by atoms with Crippen LogP contribution in [0.2, 0.25) is 0 Å². The molecule has 3 aromatic carbocycles. The summed E-state index contributed by atoms with van der Waals surface area (Å²) in [6, 6.07) is 16.2. The van der Waals surface area contributed by atoms with E-state index in [0.717, 1.165) is 24.3 Å². The van der Waals surface area contributed by atoms with E-state index in [9.17, 15) is 26.3 Å². The number of benzene rings is 3. The number of alkyl halides is 7. The van der Waals surface area contributed by atoms with Gasteiger partial charge in [-0.1, -0.05) is 54.1 Å². The van der Waals surface area contributed by atoms with Crippen LogP contribution in [-0.4, -0.2) is 6.18 Å². The van der Waals surface area contributed by atoms with Gasteiger partial charge < -0.3 is 4.74 Å². The number of para-hydroxylation sites is 1. The highest BCUT2D eigenvalue weighted by atomic mass is 35.5. The van der Waals surface area contributed by atoms with Crippen molar-refractivity contribution in [3.8, 4) is 11.5 Å². The number of hydrogen-bond acceptors (Lipinski definition) is 1. The maximum Gasteiger partial charge on any atom is 0.416 e. The smallest absolute Gasteiger partial charge is 0.416 e. The minimum absolute atomic E-state index is 0.255. The van der Waals surface area contributed by atoms with E-state index in [-0.39, 0.29) is 5.75 Å². The van der Waals surface area contributed by atoms with E-state index in [4.69, 9.17) is 16.3 Å². The van der Waals surface area contributed by atoms with Crippen molar-refractivity contribution in [2.24, 2.45) is 0 Å². The summed E-state index contributed by atoms with van der Waals surface area (Å²) in [6.07, 6.45) is -9.85. The molecule has 1 nitrogen and oxygen atoms in total. The van der Waals surface area contributed by atoms with Crippen LogP contribution in [0.3, 0.4) is 0 Å². The van der Waals surface area contributed by atoms with Crippen molar-refractivity contribution in [1.82, 2.24) is 0 Å². The van der Waals surface area contributed by atoms with Crippen molar-refractivity contribution >= 4 is 11.6 Å². The molecule has 1 unspecified atom stereocenters. The lowest BCUT2D eigenvalue weighted by Crippen LogP contribution is -2.38. The normalized spacial score (nSPS) is 14.3. The number of hydrogen-bond donors (Lipinski definition) is 0. The topological polar surface area (TPSA) is 9.23 Å². The van der Waals surface area contributed by atoms with E-state index in [1.165, 1.54) is 12.1 Å². The van der Waals surface area contributed by atoms with Crippen molar-refractivity contribution in [3.63, 3.8) is 0 Å². The first kappa shape index (κ1) is 21.0. The minimum Gasteiger partial charge on any atom is -0.457 e. The largest absolute Gasteiger partial charge is 0.457 e. The van der Waals surface area contributed by atoms with Crippen LogP contribution in [0, 0.1) is 0 Å². The van der Waals surface area contributed by atoms with E-state index >= 15 is 0 Å². The molecule has 0 saturated heterocycles. The summed E-state index contributed by atoms with van der Waals surface area (Å²) in [7, 11) is 0. The van der Waals surface area contributed by atoms with Gasteiger partial charge in [0.05, 0.1) is 5.56 Å². The molecular formula is C21H13ClF6O. The van der Waals surface area contributed by atoms with Gasteiger partial charge in [0.25, 0.3) is 0 Å². The molecule has 0 aliphatic carbocycles. The summed E-state index contributed by atoms with van der Waals surface area (Å²) < 4.78 is 86.2. The maximum absolute atomic E-state index is 13.9. The van der Waals surface area contributed by atoms with Gasteiger partial charge in [0.2, 0.25) is 0 Å². The van der Waals surface area contributed by atoms with E-state index in [1.54, 1.807) is 30.3 Å². The molecule has 152 valence electrons. The van der Waals surface area contributed by atoms with Gasteiger partial charge in [0.15, 0.2) is 4.87 Å². The molecule has 0 amide bonds. The molecule has 0 spiro atoms. The molecule has 3 aromatic rings. The molecule has 0 radical (unpaired) electrons. The van der Waals surface area contributed by atoms with Crippen LogP contribution in [0.25, 0.3) is 0 Å². The molecule has 0 N–H and O–H groups in total. The van der Waals surface area contributed by atoms with E-state index in [1.807, 2.05) is 0 Å². The summed E-state index contributed by atoms with van der Waals surface area (Å²) >= 11 is 5.97. The number of ether oxygens (including phenoxy) is 1. The second-order valence-corrected chi connectivity index (χ2v) is 6.74. The molecule has 8 heteroatoms. The second kappa shape index (κ2) is 7.63. The molecule has 0 fully saturated rings. The second-order valence-electron chi connectivity index (χ2n) is 6.17. The summed E-state index contributed by atoms with van der Waals surface area (Å²) in [5.74, 6) is 0.733. The average molecular weight is 431 g/mol. The zero-order chi connectivity index (χ0) is 21.3. The molecule has 0 heterocycles. The SMILES string of the molecule is FC(F)(F)c1cccc(C(Cl)(c2ccc(Oc3ccccc3)cc2)C(F)(F)F)c1. The van der Waals surface area contributed by atoms with E-state index in [2.05, 4.69) is 0 Å². The summed E-state index contributed by atoms with van der Waals surface area (Å²) in [5.41, 5.74) is -2.36. The first-order valence-electron chi connectivity index (χ1n) is 8.28. The molecule has 3 rings (SSSR count). The van der Waals surface area contributed by atoms with Gasteiger partial charge in [-0.3, -0.25) is 0 Å². The minimum atomic E-state index is -5.05. The van der Waals surface area contributed by atoms with Crippen LogP contribution in [-0.2, 0) is 11.1 Å². The van der Waals surface area contributed by atoms with Gasteiger partial charge in [-0.15, -0.1) is 0 Å². The lowest BCUT2D eigenvalue weighted by molar-refractivity contribution is -0.155. The Morgan fingerprint density at radius 3 is 1.69 bits per heavy atom. The molecule has 1 atom stereocenters. The quantitative estimate of drug-likeness (QED) is 0.307. The van der Waals surface area contributed by atoms with Gasteiger partial charge >= 0.3 is 12.4 Å². The Kier molecular flexibility index (Phi) is 5.54. The lowest BCUT2D eigenvalue weighted by Gasteiger charge is -2.31. The Morgan fingerprint density at radius 1 is 0.586 bits per heavy atom. The lowest BCUT2D eigenvalue weighted by atomic mass is 9.88. The Morgan fingerprint density at radius 2 is 1.14 bits per heavy atom. The predicted molar refractivity (Wildman–Crippen MR) is 97.1 cm³/mol. The first-order valence-corrected chi connectivity index (χ1v) is 8.66. The molecule has 0 aromatic heterocycles. The van der Waals surface area contributed by atoms with Gasteiger partial charge in [-0.25, -0.2) is 0 Å². The highest BCUT2D eigenvalue weighted by Crippen LogP contribution is 2.50. The Balaban J connectivity index is 2.01. The summed E-state index contributed by atoms with van der Waals surface area (Å²) in [6.45, 7) is 0. The third-order valence-electron chi connectivity index (χ3n) is 4.21. The third-order valence-corrected chi connectivity index (χ3v) is 4.86. The predicted octanol–water partition coefficient (Wildman–Crippen LogP) is 7.54. The number of rotatable bonds is 4. The van der Waals surface area contributed by atoms with Crippen molar-refractivity contribution in [3.05, 3.63) is 95.6 Å². The highest BCUT2D eigenvalue weighted by molar-refractivity contribution is 6.26. The van der Waals surface area contributed by atoms with Crippen LogP contribution in [0.15, 0.2) is 78.9 Å². The fourth-order valence-corrected chi connectivity index (χ4v) is 3.02. The fraction of sp³-hybridized carbons (Fsp3) is 0.143. The van der Waals surface area contributed by atoms with Crippen LogP contribution >= 0.6 is 11.6 Å². The number of halogens is 7. The highest BCUT2D eigenvalue weighted by Gasteiger charge is 2.56. The monoisotopic (exact) mass is 430 g/mol. The molecule has 29 heavy (non-hydrogen) atoms. The van der Waals surface area contributed by atoms with Gasteiger partial charge in [-0.2, -0.15) is 26.3 Å². The van der Waals surface area contributed by atoms with Crippen molar-refractivity contribution in [2.75, 3.05) is 0 Å². The van der Waals surface area contributed by atoms with Gasteiger partial charge in [0, 0.05) is 0 Å². The van der Waals surface area contributed by atoms with Gasteiger partial charge in [-0.05, 0) is 47.5 Å². The van der Waals surface area contributed by atoms with E-state index in [0.29, 0.717) is 17.9 Å². The first-order chi connectivity index (χ1) is 13.5. The van der Waals surface area contributed by atoms with E-state index < -0.39 is 33.9 Å². The molecule has 0 bridgehead atoms. The molecule has 0 aliphatic heterocycles. The maximum atomic E-state index is 13.9. The van der Waals surface area contributed by atoms with Crippen molar-refractivity contribution in [2.45, 2.75) is 17.2 Å². The Hall–Kier alpha value is -2.67. The summed E-state index contributed by atoms with van der Waals surface area (Å²) in [4.78, 5) is -3.15. The van der Waals surface area contributed by atoms with Crippen LogP contribution in [0.1, 0.15) is 16.7 Å². The zero-order valence-electron chi connectivity index (χ0n) is 14.6. The average Bonchev–Trinajstić information content (AvgIpc) is 2.67. The standard InChI is InChI=1S/C21H13ClF6O/c22-19(21(26,27)28,15-5-4-6-16(13-15)20(23,24)25)14-9-11-18(12-10-14)29-17-7-2-1-3-8-17/h1-13H. The van der Waals surface area contributed by atoms with Gasteiger partial charge in [0.1, 0.15) is 11.5 Å². The fourth-order valence-electron chi connectivity index (χ4n) is 2.78. The molecule has 0 aliphatic rings. The van der Waals surface area contributed by atoms with Crippen LogP contribution in [0.4, 0.5) is 26.3 Å². The van der Waals surface area contributed by atoms with Crippen LogP contribution in [0.5, 0.6) is 11.5 Å². The van der Waals surface area contributed by atoms with Crippen molar-refractivity contribution < 1.29 is 31.1 Å². The molecular weight excluding hydrogens is 418 g/mol. The van der Waals surface area contributed by atoms with Crippen LogP contribution < -0.4 is 4.74 Å². The zero-order valence-corrected chi connectivity index (χ0v) is 15.3. The third kappa shape index (κ3) is 4.34. The summed E-state index contributed by atoms with van der Waals surface area (Å²) in [5, 5.41) is 0.